The molecule has 1 aromatic heterocycles. The van der Waals surface area contributed by atoms with E-state index in [9.17, 15) is 0 Å². The van der Waals surface area contributed by atoms with Gasteiger partial charge in [-0.05, 0) is 65.2 Å². The van der Waals surface area contributed by atoms with Crippen LogP contribution < -0.4 is 10.2 Å². The smallest absolute Gasteiger partial charge is 0.493 e. The Kier molecular flexibility index (Phi) is 5.84. The Balaban J connectivity index is 1.55. The Labute approximate surface area is 166 Å². The lowest BCUT2D eigenvalue weighted by atomic mass is 9.79. The van der Waals surface area contributed by atoms with Gasteiger partial charge in [-0.3, -0.25) is 0 Å². The summed E-state index contributed by atoms with van der Waals surface area (Å²) in [6, 6.07) is 9.89. The van der Waals surface area contributed by atoms with Crippen LogP contribution in [0.1, 0.15) is 39.1 Å². The van der Waals surface area contributed by atoms with Gasteiger partial charge in [0.05, 0.1) is 17.8 Å². The monoisotopic (exact) mass is 386 g/mol. The van der Waals surface area contributed by atoms with Gasteiger partial charge in [-0.2, -0.15) is 0 Å². The molecule has 144 valence electrons. The summed E-state index contributed by atoms with van der Waals surface area (Å²) in [7, 11) is -0.378. The number of hydrogen-bond donors (Lipinski definition) is 0. The Hall–Kier alpha value is -1.57. The van der Waals surface area contributed by atoms with E-state index in [0.29, 0.717) is 6.61 Å². The second-order valence-corrected chi connectivity index (χ2v) is 8.85. The van der Waals surface area contributed by atoms with Crippen molar-refractivity contribution in [3.05, 3.63) is 41.7 Å². The van der Waals surface area contributed by atoms with Gasteiger partial charge in [0.25, 0.3) is 0 Å². The molecule has 0 unspecified atom stereocenters. The number of ether oxygens (including phenoxy) is 1. The number of nitrogens with zero attached hydrogens (tertiary/aromatic N) is 2. The first-order chi connectivity index (χ1) is 12.7. The van der Waals surface area contributed by atoms with E-state index >= 15 is 0 Å². The molecule has 27 heavy (non-hydrogen) atoms. The Bertz CT molecular complexity index is 777. The van der Waals surface area contributed by atoms with Gasteiger partial charge in [0.15, 0.2) is 5.16 Å². The number of aryl methyl sites for hydroxylation is 2. The molecule has 7 heteroatoms. The highest BCUT2D eigenvalue weighted by molar-refractivity contribution is 7.99. The van der Waals surface area contributed by atoms with Crippen LogP contribution in [0, 0.1) is 13.8 Å². The van der Waals surface area contributed by atoms with Gasteiger partial charge in [-0.15, -0.1) is 0 Å². The molecular weight excluding hydrogens is 359 g/mol. The first kappa shape index (κ1) is 20.2. The molecular formula is C20H27BN2O3S. The minimum atomic E-state index is -0.378. The van der Waals surface area contributed by atoms with Crippen LogP contribution in [0.5, 0.6) is 5.75 Å². The van der Waals surface area contributed by atoms with Crippen LogP contribution in [0.4, 0.5) is 0 Å². The first-order valence-electron chi connectivity index (χ1n) is 9.20. The highest BCUT2D eigenvalue weighted by Crippen LogP contribution is 2.36. The zero-order chi connectivity index (χ0) is 19.7. The third-order valence-corrected chi connectivity index (χ3v) is 5.74. The van der Waals surface area contributed by atoms with Gasteiger partial charge in [0.2, 0.25) is 0 Å². The maximum atomic E-state index is 6.11. The molecule has 2 heterocycles. The summed E-state index contributed by atoms with van der Waals surface area (Å²) in [5, 5.41) is 0.794. The van der Waals surface area contributed by atoms with Crippen molar-refractivity contribution in [2.24, 2.45) is 0 Å². The number of hydrogen-bond acceptors (Lipinski definition) is 6. The van der Waals surface area contributed by atoms with E-state index in [1.54, 1.807) is 11.8 Å². The standard InChI is InChI=1S/C20H27BN2O3S/c1-14-12-15(2)23-18(22-14)27-11-10-24-17-9-7-8-16(13-17)21-25-19(3,4)20(5,6)26-21/h7-9,12-13H,10-11H2,1-6H3. The Morgan fingerprint density at radius 3 is 2.26 bits per heavy atom. The zero-order valence-corrected chi connectivity index (χ0v) is 17.7. The van der Waals surface area contributed by atoms with E-state index in [2.05, 4.69) is 37.7 Å². The molecule has 0 atom stereocenters. The molecule has 0 N–H and O–H groups in total. The highest BCUT2D eigenvalue weighted by atomic mass is 32.2. The van der Waals surface area contributed by atoms with Gasteiger partial charge < -0.3 is 14.0 Å². The van der Waals surface area contributed by atoms with E-state index in [1.807, 2.05) is 44.2 Å². The molecule has 1 aliphatic rings. The third kappa shape index (κ3) is 4.84. The number of benzene rings is 1. The molecule has 1 saturated heterocycles. The van der Waals surface area contributed by atoms with E-state index in [4.69, 9.17) is 14.0 Å². The van der Waals surface area contributed by atoms with E-state index in [0.717, 1.165) is 33.5 Å². The van der Waals surface area contributed by atoms with Crippen LogP contribution >= 0.6 is 11.8 Å². The van der Waals surface area contributed by atoms with Crippen molar-refractivity contribution in [2.75, 3.05) is 12.4 Å². The van der Waals surface area contributed by atoms with Gasteiger partial charge >= 0.3 is 7.12 Å². The maximum absolute atomic E-state index is 6.11. The number of rotatable bonds is 6. The van der Waals surface area contributed by atoms with Crippen molar-refractivity contribution in [3.8, 4) is 5.75 Å². The van der Waals surface area contributed by atoms with Crippen LogP contribution in [0.2, 0.25) is 0 Å². The molecule has 0 saturated carbocycles. The van der Waals surface area contributed by atoms with E-state index in [1.165, 1.54) is 0 Å². The van der Waals surface area contributed by atoms with Gasteiger partial charge in [-0.1, -0.05) is 23.9 Å². The molecule has 1 aliphatic heterocycles. The normalized spacial score (nSPS) is 17.9. The predicted molar refractivity (Wildman–Crippen MR) is 110 cm³/mol. The number of aromatic nitrogens is 2. The summed E-state index contributed by atoms with van der Waals surface area (Å²) in [4.78, 5) is 8.87. The summed E-state index contributed by atoms with van der Waals surface area (Å²) in [5.41, 5.74) is 2.24. The summed E-state index contributed by atoms with van der Waals surface area (Å²) in [5.74, 6) is 1.59. The van der Waals surface area contributed by atoms with Crippen molar-refractivity contribution in [1.82, 2.24) is 9.97 Å². The Morgan fingerprint density at radius 1 is 1.00 bits per heavy atom. The quantitative estimate of drug-likeness (QED) is 0.328. The zero-order valence-electron chi connectivity index (χ0n) is 16.9. The highest BCUT2D eigenvalue weighted by Gasteiger charge is 2.51. The van der Waals surface area contributed by atoms with Crippen molar-refractivity contribution >= 4 is 24.3 Å². The summed E-state index contributed by atoms with van der Waals surface area (Å²) in [6.45, 7) is 12.8. The molecule has 1 aromatic carbocycles. The van der Waals surface area contributed by atoms with Crippen molar-refractivity contribution in [3.63, 3.8) is 0 Å². The lowest BCUT2D eigenvalue weighted by Gasteiger charge is -2.32. The van der Waals surface area contributed by atoms with Gasteiger partial charge in [0, 0.05) is 17.1 Å². The fraction of sp³-hybridized carbons (Fsp3) is 0.500. The van der Waals surface area contributed by atoms with Crippen LogP contribution in [0.15, 0.2) is 35.5 Å². The molecule has 0 spiro atoms. The SMILES string of the molecule is Cc1cc(C)nc(SCCOc2cccc(B3OC(C)(C)C(C)(C)O3)c2)n1. The van der Waals surface area contributed by atoms with E-state index in [-0.39, 0.29) is 18.3 Å². The Morgan fingerprint density at radius 2 is 1.63 bits per heavy atom. The molecule has 3 rings (SSSR count). The molecule has 2 aromatic rings. The fourth-order valence-corrected chi connectivity index (χ4v) is 3.55. The lowest BCUT2D eigenvalue weighted by Crippen LogP contribution is -2.41. The summed E-state index contributed by atoms with van der Waals surface area (Å²) < 4.78 is 18.1. The molecule has 0 amide bonds. The lowest BCUT2D eigenvalue weighted by molar-refractivity contribution is 0.00578. The minimum absolute atomic E-state index is 0.350. The number of thioether (sulfide) groups is 1. The van der Waals surface area contributed by atoms with Gasteiger partial charge in [-0.25, -0.2) is 9.97 Å². The average Bonchev–Trinajstić information content (AvgIpc) is 2.79. The predicted octanol–water partition coefficient (Wildman–Crippen LogP) is 3.56. The molecule has 0 bridgehead atoms. The van der Waals surface area contributed by atoms with Gasteiger partial charge in [0.1, 0.15) is 5.75 Å². The second-order valence-electron chi connectivity index (χ2n) is 7.79. The molecule has 0 aliphatic carbocycles. The van der Waals surface area contributed by atoms with Crippen molar-refractivity contribution in [2.45, 2.75) is 57.9 Å². The molecule has 0 radical (unpaired) electrons. The third-order valence-electron chi connectivity index (χ3n) is 4.93. The average molecular weight is 386 g/mol. The van der Waals surface area contributed by atoms with Crippen LogP contribution in [0.25, 0.3) is 0 Å². The largest absolute Gasteiger partial charge is 0.494 e. The van der Waals surface area contributed by atoms with Crippen LogP contribution in [0.3, 0.4) is 0 Å². The summed E-state index contributed by atoms with van der Waals surface area (Å²) >= 11 is 1.60. The molecule has 1 fully saturated rings. The van der Waals surface area contributed by atoms with Crippen molar-refractivity contribution in [1.29, 1.82) is 0 Å². The fourth-order valence-electron chi connectivity index (χ4n) is 2.78. The second kappa shape index (κ2) is 7.82. The topological polar surface area (TPSA) is 53.5 Å². The van der Waals surface area contributed by atoms with Crippen LogP contribution in [-0.2, 0) is 9.31 Å². The van der Waals surface area contributed by atoms with Crippen molar-refractivity contribution < 1.29 is 14.0 Å². The van der Waals surface area contributed by atoms with E-state index < -0.39 is 0 Å². The minimum Gasteiger partial charge on any atom is -0.493 e. The van der Waals surface area contributed by atoms with Crippen LogP contribution in [-0.4, -0.2) is 40.6 Å². The summed E-state index contributed by atoms with van der Waals surface area (Å²) in [6.07, 6.45) is 0. The molecule has 5 nitrogen and oxygen atoms in total. The maximum Gasteiger partial charge on any atom is 0.494 e. The first-order valence-corrected chi connectivity index (χ1v) is 10.2.